The zero-order valence-electron chi connectivity index (χ0n) is 34.9. The third-order valence-corrected chi connectivity index (χ3v) is 17.0. The Kier molecular flexibility index (Phi) is 12.3. The molecule has 2 aliphatic heterocycles. The van der Waals surface area contributed by atoms with Crippen LogP contribution in [0.5, 0.6) is 11.5 Å². The molecule has 4 heterocycles. The second kappa shape index (κ2) is 17.2. The predicted molar refractivity (Wildman–Crippen MR) is 229 cm³/mol. The molecule has 2 fully saturated rings. The number of nitrogens with zero attached hydrogens (tertiary/aromatic N) is 5. The molecule has 0 bridgehead atoms. The topological polar surface area (TPSA) is 88.9 Å². The highest BCUT2D eigenvalue weighted by molar-refractivity contribution is 6.99. The van der Waals surface area contributed by atoms with Crippen LogP contribution in [0, 0.1) is 5.92 Å². The zero-order valence-corrected chi connectivity index (χ0v) is 35.9. The normalized spacial score (nSPS) is 18.4. The van der Waals surface area contributed by atoms with Crippen LogP contribution in [0.4, 0.5) is 19.3 Å². The second-order valence-corrected chi connectivity index (χ2v) is 21.3. The van der Waals surface area contributed by atoms with Gasteiger partial charge >= 0.3 is 6.03 Å². The fraction of sp³-hybridized carbons (Fsp3) is 0.413. The van der Waals surface area contributed by atoms with Crippen molar-refractivity contribution in [2.24, 2.45) is 5.92 Å². The number of ether oxygens (including phenoxy) is 2. The maximum atomic E-state index is 16.1. The SMILES string of the molecule is COc1ccc(CN2C(=O)CCN(c3cnn4ccc(C[C@@H]5CCN(CC(F)(F)CO[Si](c6ccccc6)(c6ccccc6)C(C)(C)C)[C@@H](C)C5)cc34)C2=O)c(OC)c1. The van der Waals surface area contributed by atoms with Crippen molar-refractivity contribution in [2.45, 2.75) is 76.9 Å². The van der Waals surface area contributed by atoms with E-state index in [1.165, 1.54) is 12.0 Å². The van der Waals surface area contributed by atoms with Crippen LogP contribution in [-0.4, -0.2) is 92.1 Å². The number of piperidine rings is 1. The molecular formula is C46H55F2N5O5Si. The van der Waals surface area contributed by atoms with Crippen LogP contribution in [0.2, 0.25) is 5.04 Å². The smallest absolute Gasteiger partial charge is 0.331 e. The number of carbonyl (C=O) groups is 2. The van der Waals surface area contributed by atoms with E-state index in [-0.39, 0.29) is 38.0 Å². The molecule has 0 aliphatic carbocycles. The number of urea groups is 1. The van der Waals surface area contributed by atoms with Crippen molar-refractivity contribution in [2.75, 3.05) is 45.4 Å². The van der Waals surface area contributed by atoms with Crippen molar-refractivity contribution in [3.63, 3.8) is 0 Å². The van der Waals surface area contributed by atoms with E-state index < -0.39 is 31.9 Å². The molecule has 5 aromatic rings. The van der Waals surface area contributed by atoms with Gasteiger partial charge in [-0.15, -0.1) is 0 Å². The Morgan fingerprint density at radius 3 is 2.20 bits per heavy atom. The summed E-state index contributed by atoms with van der Waals surface area (Å²) in [5.41, 5.74) is 3.15. The summed E-state index contributed by atoms with van der Waals surface area (Å²) in [6, 6.07) is 28.7. The Balaban J connectivity index is 1.01. The molecule has 2 aromatic heterocycles. The van der Waals surface area contributed by atoms with E-state index in [4.69, 9.17) is 13.9 Å². The number of hydrogen-bond acceptors (Lipinski definition) is 7. The number of likely N-dealkylation sites (tertiary alicyclic amines) is 1. The molecular weight excluding hydrogens is 769 g/mol. The average Bonchev–Trinajstić information content (AvgIpc) is 3.64. The van der Waals surface area contributed by atoms with Crippen LogP contribution in [0.15, 0.2) is 103 Å². The van der Waals surface area contributed by atoms with Gasteiger partial charge in [-0.3, -0.25) is 19.5 Å². The van der Waals surface area contributed by atoms with E-state index in [9.17, 15) is 9.59 Å². The average molecular weight is 824 g/mol. The Hall–Kier alpha value is -5.11. The first kappa shape index (κ1) is 42.0. The number of halogens is 2. The minimum atomic E-state index is -3.11. The third-order valence-electron chi connectivity index (χ3n) is 12.0. The Bertz CT molecular complexity index is 2210. The number of aromatic nitrogens is 2. The zero-order chi connectivity index (χ0) is 42.0. The van der Waals surface area contributed by atoms with Gasteiger partial charge in [0.25, 0.3) is 14.2 Å². The quantitative estimate of drug-likeness (QED) is 0.107. The van der Waals surface area contributed by atoms with E-state index in [2.05, 4.69) is 31.9 Å². The summed E-state index contributed by atoms with van der Waals surface area (Å²) in [7, 11) is -0.00771. The number of imide groups is 1. The van der Waals surface area contributed by atoms with Crippen molar-refractivity contribution in [3.05, 3.63) is 115 Å². The van der Waals surface area contributed by atoms with Gasteiger partial charge < -0.3 is 13.9 Å². The molecule has 13 heteroatoms. The van der Waals surface area contributed by atoms with Gasteiger partial charge in [0.2, 0.25) is 5.91 Å². The van der Waals surface area contributed by atoms with Gasteiger partial charge in [0.1, 0.15) is 11.5 Å². The van der Waals surface area contributed by atoms with Crippen molar-refractivity contribution in [1.82, 2.24) is 19.4 Å². The van der Waals surface area contributed by atoms with Crippen LogP contribution in [0.3, 0.4) is 0 Å². The van der Waals surface area contributed by atoms with E-state index in [1.54, 1.807) is 40.9 Å². The maximum Gasteiger partial charge on any atom is 0.331 e. The first-order valence-corrected chi connectivity index (χ1v) is 22.3. The van der Waals surface area contributed by atoms with Crippen LogP contribution in [0.25, 0.3) is 5.52 Å². The van der Waals surface area contributed by atoms with Gasteiger partial charge in [0.05, 0.1) is 51.3 Å². The molecule has 312 valence electrons. The summed E-state index contributed by atoms with van der Waals surface area (Å²) < 4.78 is 51.5. The molecule has 0 unspecified atom stereocenters. The van der Waals surface area contributed by atoms with Crippen molar-refractivity contribution in [3.8, 4) is 11.5 Å². The van der Waals surface area contributed by atoms with E-state index >= 15 is 8.78 Å². The predicted octanol–water partition coefficient (Wildman–Crippen LogP) is 7.57. The van der Waals surface area contributed by atoms with Crippen molar-refractivity contribution < 1.29 is 32.3 Å². The summed E-state index contributed by atoms with van der Waals surface area (Å²) >= 11 is 0. The van der Waals surface area contributed by atoms with Crippen molar-refractivity contribution in [1.29, 1.82) is 0 Å². The molecule has 3 aromatic carbocycles. The number of rotatable bonds is 14. The number of carbonyl (C=O) groups excluding carboxylic acids is 2. The van der Waals surface area contributed by atoms with Gasteiger partial charge in [-0.25, -0.2) is 18.1 Å². The van der Waals surface area contributed by atoms with Crippen LogP contribution < -0.4 is 24.7 Å². The molecule has 2 atom stereocenters. The largest absolute Gasteiger partial charge is 0.497 e. The monoisotopic (exact) mass is 823 g/mol. The molecule has 3 amide bonds. The number of amides is 3. The summed E-state index contributed by atoms with van der Waals surface area (Å²) in [5.74, 6) is -1.88. The van der Waals surface area contributed by atoms with Gasteiger partial charge in [-0.05, 0) is 83.9 Å². The van der Waals surface area contributed by atoms with E-state index in [0.717, 1.165) is 40.7 Å². The maximum absolute atomic E-state index is 16.1. The highest BCUT2D eigenvalue weighted by Crippen LogP contribution is 2.38. The van der Waals surface area contributed by atoms with Gasteiger partial charge in [-0.2, -0.15) is 5.10 Å². The number of fused-ring (bicyclic) bond motifs is 1. The van der Waals surface area contributed by atoms with Crippen molar-refractivity contribution >= 4 is 41.8 Å². The van der Waals surface area contributed by atoms with Gasteiger partial charge in [0, 0.05) is 36.8 Å². The molecule has 2 aliphatic rings. The highest BCUT2D eigenvalue weighted by Gasteiger charge is 2.52. The minimum absolute atomic E-state index is 0.0411. The lowest BCUT2D eigenvalue weighted by Gasteiger charge is -2.44. The molecule has 2 saturated heterocycles. The van der Waals surface area contributed by atoms with Gasteiger partial charge in [-0.1, -0.05) is 81.4 Å². The van der Waals surface area contributed by atoms with E-state index in [0.29, 0.717) is 35.2 Å². The van der Waals surface area contributed by atoms with E-state index in [1.807, 2.05) is 84.8 Å². The number of pyridine rings is 1. The second-order valence-electron chi connectivity index (χ2n) is 17.0. The molecule has 7 rings (SSSR count). The highest BCUT2D eigenvalue weighted by atomic mass is 28.4. The minimum Gasteiger partial charge on any atom is -0.497 e. The first-order chi connectivity index (χ1) is 28.2. The Morgan fingerprint density at radius 1 is 0.881 bits per heavy atom. The Labute approximate surface area is 346 Å². The third kappa shape index (κ3) is 8.78. The molecule has 0 N–H and O–H groups in total. The number of methoxy groups -OCH3 is 2. The summed E-state index contributed by atoms with van der Waals surface area (Å²) in [6.45, 7) is 8.18. The molecule has 0 saturated carbocycles. The number of anilines is 1. The van der Waals surface area contributed by atoms with Crippen LogP contribution in [-0.2, 0) is 22.2 Å². The number of benzene rings is 3. The fourth-order valence-corrected chi connectivity index (χ4v) is 13.5. The molecule has 0 spiro atoms. The van der Waals surface area contributed by atoms with Crippen LogP contribution in [0.1, 0.15) is 58.1 Å². The summed E-state index contributed by atoms with van der Waals surface area (Å²) in [5, 5.41) is 6.09. The molecule has 0 radical (unpaired) electrons. The lowest BCUT2D eigenvalue weighted by atomic mass is 9.86. The lowest BCUT2D eigenvalue weighted by Crippen LogP contribution is -2.67. The first-order valence-electron chi connectivity index (χ1n) is 20.4. The van der Waals surface area contributed by atoms with Crippen LogP contribution >= 0.6 is 0 Å². The molecule has 10 nitrogen and oxygen atoms in total. The fourth-order valence-electron chi connectivity index (χ4n) is 8.96. The molecule has 59 heavy (non-hydrogen) atoms. The van der Waals surface area contributed by atoms with Gasteiger partial charge in [0.15, 0.2) is 0 Å². The number of alkyl halides is 2. The standard InChI is InChI=1S/C46H55F2N5O5Si/c1-33-25-34(19-22-50(33)31-46(47,48)32-58-59(45(2,3)4,38-13-9-7-10-14-38)39-15-11-8-12-16-39)26-35-20-24-53-40(27-35)41(29-49-53)51-23-21-43(54)52(44(51)55)30-36-17-18-37(56-5)28-42(36)57-6/h7-18,20,24,27-29,33-34H,19,21-23,25-26,30-32H2,1-6H3/t33-,34+/m0/s1. The summed E-state index contributed by atoms with van der Waals surface area (Å²) in [4.78, 5) is 31.8. The number of hydrogen-bond donors (Lipinski definition) is 0. The summed E-state index contributed by atoms with van der Waals surface area (Å²) in [6.07, 6.45) is 6.05. The lowest BCUT2D eigenvalue weighted by molar-refractivity contribution is -0.129. The Morgan fingerprint density at radius 2 is 1.58 bits per heavy atom.